The molecule has 0 heterocycles. The summed E-state index contributed by atoms with van der Waals surface area (Å²) in [7, 11) is 0. The quantitative estimate of drug-likeness (QED) is 0.824. The van der Waals surface area contributed by atoms with Crippen molar-refractivity contribution in [1.82, 2.24) is 5.32 Å². The van der Waals surface area contributed by atoms with Gasteiger partial charge in [-0.2, -0.15) is 0 Å². The van der Waals surface area contributed by atoms with E-state index in [1.54, 1.807) is 12.1 Å². The first-order valence-corrected chi connectivity index (χ1v) is 7.14. The molecule has 0 aliphatic heterocycles. The SMILES string of the molecule is O=C(COc1ccc(F)cc1F)NCCC(O)c1ccccc1. The highest BCUT2D eigenvalue weighted by Gasteiger charge is 2.10. The van der Waals surface area contributed by atoms with Crippen LogP contribution in [-0.4, -0.2) is 24.2 Å². The first-order valence-electron chi connectivity index (χ1n) is 7.14. The molecule has 0 radical (unpaired) electrons. The Kier molecular flexibility index (Phi) is 6.05. The number of hydrogen-bond donors (Lipinski definition) is 2. The third kappa shape index (κ3) is 5.34. The van der Waals surface area contributed by atoms with E-state index < -0.39 is 23.6 Å². The standard InChI is InChI=1S/C17H17F2NO3/c18-13-6-7-16(14(19)10-13)23-11-17(22)20-9-8-15(21)12-4-2-1-3-5-12/h1-7,10,15,21H,8-9,11H2,(H,20,22). The third-order valence-electron chi connectivity index (χ3n) is 3.18. The minimum atomic E-state index is -0.864. The van der Waals surface area contributed by atoms with Gasteiger partial charge in [0, 0.05) is 12.6 Å². The molecule has 0 saturated heterocycles. The van der Waals surface area contributed by atoms with E-state index in [0.29, 0.717) is 12.5 Å². The van der Waals surface area contributed by atoms with E-state index in [4.69, 9.17) is 4.74 Å². The van der Waals surface area contributed by atoms with Crippen molar-refractivity contribution in [1.29, 1.82) is 0 Å². The van der Waals surface area contributed by atoms with Crippen LogP contribution in [0.25, 0.3) is 0 Å². The van der Waals surface area contributed by atoms with Crippen molar-refractivity contribution in [2.75, 3.05) is 13.2 Å². The van der Waals surface area contributed by atoms with Crippen LogP contribution in [0.1, 0.15) is 18.1 Å². The molecule has 0 saturated carbocycles. The van der Waals surface area contributed by atoms with Crippen molar-refractivity contribution >= 4 is 5.91 Å². The van der Waals surface area contributed by atoms with Gasteiger partial charge in [0.2, 0.25) is 0 Å². The van der Waals surface area contributed by atoms with Crippen molar-refractivity contribution in [3.8, 4) is 5.75 Å². The second-order valence-corrected chi connectivity index (χ2v) is 4.93. The molecule has 1 amide bonds. The molecule has 1 atom stereocenters. The lowest BCUT2D eigenvalue weighted by Gasteiger charge is -2.12. The fraction of sp³-hybridized carbons (Fsp3) is 0.235. The topological polar surface area (TPSA) is 58.6 Å². The number of carbonyl (C=O) groups excluding carboxylic acids is 1. The van der Waals surface area contributed by atoms with Crippen LogP contribution in [0.15, 0.2) is 48.5 Å². The number of nitrogens with one attached hydrogen (secondary N) is 1. The maximum Gasteiger partial charge on any atom is 0.257 e. The number of amides is 1. The van der Waals surface area contributed by atoms with E-state index in [9.17, 15) is 18.7 Å². The molecule has 2 rings (SSSR count). The number of aliphatic hydroxyl groups is 1. The monoisotopic (exact) mass is 321 g/mol. The molecule has 0 aromatic heterocycles. The van der Waals surface area contributed by atoms with Crippen LogP contribution in [0, 0.1) is 11.6 Å². The third-order valence-corrected chi connectivity index (χ3v) is 3.18. The lowest BCUT2D eigenvalue weighted by Crippen LogP contribution is -2.30. The zero-order valence-corrected chi connectivity index (χ0v) is 12.3. The minimum absolute atomic E-state index is 0.189. The second kappa shape index (κ2) is 8.24. The molecule has 2 aromatic carbocycles. The van der Waals surface area contributed by atoms with Crippen LogP contribution in [0.5, 0.6) is 5.75 Å². The molecular weight excluding hydrogens is 304 g/mol. The zero-order valence-electron chi connectivity index (χ0n) is 12.3. The maximum atomic E-state index is 13.3. The van der Waals surface area contributed by atoms with Gasteiger partial charge in [-0.3, -0.25) is 4.79 Å². The van der Waals surface area contributed by atoms with Crippen molar-refractivity contribution < 1.29 is 23.4 Å². The summed E-state index contributed by atoms with van der Waals surface area (Å²) in [6.45, 7) is -0.131. The largest absolute Gasteiger partial charge is 0.481 e. The highest BCUT2D eigenvalue weighted by atomic mass is 19.1. The van der Waals surface area contributed by atoms with Gasteiger partial charge < -0.3 is 15.2 Å². The van der Waals surface area contributed by atoms with Crippen LogP contribution in [0.2, 0.25) is 0 Å². The lowest BCUT2D eigenvalue weighted by atomic mass is 10.1. The van der Waals surface area contributed by atoms with Crippen LogP contribution < -0.4 is 10.1 Å². The van der Waals surface area contributed by atoms with Gasteiger partial charge >= 0.3 is 0 Å². The van der Waals surface area contributed by atoms with Gasteiger partial charge in [0.15, 0.2) is 18.2 Å². The number of halogens is 2. The molecule has 0 spiro atoms. The van der Waals surface area contributed by atoms with Crippen LogP contribution in [0.4, 0.5) is 8.78 Å². The summed E-state index contributed by atoms with van der Waals surface area (Å²) in [6.07, 6.45) is -0.326. The highest BCUT2D eigenvalue weighted by molar-refractivity contribution is 5.77. The molecule has 23 heavy (non-hydrogen) atoms. The normalized spacial score (nSPS) is 11.8. The van der Waals surface area contributed by atoms with Gasteiger partial charge in [-0.25, -0.2) is 8.78 Å². The molecule has 1 unspecified atom stereocenters. The Balaban J connectivity index is 1.71. The summed E-state index contributed by atoms with van der Waals surface area (Å²) >= 11 is 0. The van der Waals surface area contributed by atoms with Gasteiger partial charge in [0.25, 0.3) is 5.91 Å². The van der Waals surface area contributed by atoms with Crippen molar-refractivity contribution in [2.45, 2.75) is 12.5 Å². The molecule has 2 aromatic rings. The first kappa shape index (κ1) is 16.9. The molecule has 0 fully saturated rings. The number of hydrogen-bond acceptors (Lipinski definition) is 3. The van der Waals surface area contributed by atoms with Gasteiger partial charge in [-0.15, -0.1) is 0 Å². The van der Waals surface area contributed by atoms with Gasteiger partial charge in [-0.05, 0) is 24.1 Å². The fourth-order valence-electron chi connectivity index (χ4n) is 1.98. The summed E-state index contributed by atoms with van der Waals surface area (Å²) < 4.78 is 31.0. The van der Waals surface area contributed by atoms with Crippen molar-refractivity contribution in [3.63, 3.8) is 0 Å². The van der Waals surface area contributed by atoms with Crippen molar-refractivity contribution in [2.24, 2.45) is 0 Å². The van der Waals surface area contributed by atoms with Gasteiger partial charge in [0.1, 0.15) is 5.82 Å². The Morgan fingerprint density at radius 1 is 1.17 bits per heavy atom. The first-order chi connectivity index (χ1) is 11.1. The molecule has 0 aliphatic rings. The number of rotatable bonds is 7. The van der Waals surface area contributed by atoms with Crippen LogP contribution >= 0.6 is 0 Å². The smallest absolute Gasteiger partial charge is 0.257 e. The Hall–Kier alpha value is -2.47. The summed E-state index contributed by atoms with van der Waals surface area (Å²) in [4.78, 5) is 11.6. The molecular formula is C17H17F2NO3. The molecule has 6 heteroatoms. The minimum Gasteiger partial charge on any atom is -0.481 e. The lowest BCUT2D eigenvalue weighted by molar-refractivity contribution is -0.123. The highest BCUT2D eigenvalue weighted by Crippen LogP contribution is 2.17. The summed E-state index contributed by atoms with van der Waals surface area (Å²) in [5.74, 6) is -2.22. The van der Waals surface area contributed by atoms with Crippen molar-refractivity contribution in [3.05, 3.63) is 65.7 Å². The Bertz CT molecular complexity index is 650. The van der Waals surface area contributed by atoms with E-state index in [2.05, 4.69) is 5.32 Å². The summed E-state index contributed by atoms with van der Waals surface area (Å²) in [6, 6.07) is 11.9. The fourth-order valence-corrected chi connectivity index (χ4v) is 1.98. The van der Waals surface area contributed by atoms with E-state index in [0.717, 1.165) is 17.7 Å². The molecule has 0 bridgehead atoms. The number of carbonyl (C=O) groups is 1. The molecule has 2 N–H and O–H groups in total. The van der Waals surface area contributed by atoms with E-state index in [1.165, 1.54) is 0 Å². The Labute approximate surface area is 132 Å². The number of benzene rings is 2. The number of aliphatic hydroxyl groups excluding tert-OH is 1. The van der Waals surface area contributed by atoms with E-state index >= 15 is 0 Å². The summed E-state index contributed by atoms with van der Waals surface area (Å²) in [5, 5.41) is 12.5. The Morgan fingerprint density at radius 2 is 1.91 bits per heavy atom. The average molecular weight is 321 g/mol. The van der Waals surface area contributed by atoms with E-state index in [-0.39, 0.29) is 18.9 Å². The molecule has 4 nitrogen and oxygen atoms in total. The molecule has 0 aliphatic carbocycles. The van der Waals surface area contributed by atoms with Crippen LogP contribution in [0.3, 0.4) is 0 Å². The second-order valence-electron chi connectivity index (χ2n) is 4.93. The van der Waals surface area contributed by atoms with E-state index in [1.807, 2.05) is 18.2 Å². The van der Waals surface area contributed by atoms with Gasteiger partial charge in [0.05, 0.1) is 6.10 Å². The zero-order chi connectivity index (χ0) is 16.7. The maximum absolute atomic E-state index is 13.3. The van der Waals surface area contributed by atoms with Crippen LogP contribution in [-0.2, 0) is 4.79 Å². The Morgan fingerprint density at radius 3 is 2.61 bits per heavy atom. The predicted octanol–water partition coefficient (Wildman–Crippen LogP) is 2.58. The average Bonchev–Trinajstić information content (AvgIpc) is 2.54. The summed E-state index contributed by atoms with van der Waals surface area (Å²) in [5.41, 5.74) is 0.770. The number of ether oxygens (including phenoxy) is 1. The predicted molar refractivity (Wildman–Crippen MR) is 80.9 cm³/mol. The van der Waals surface area contributed by atoms with Gasteiger partial charge in [-0.1, -0.05) is 30.3 Å². The molecule has 122 valence electrons.